The SMILES string of the molecule is COC[C@H](N)c1c(C)cccc1C. The molecule has 1 aromatic carbocycles. The molecule has 0 saturated carbocycles. The van der Waals surface area contributed by atoms with Crippen LogP contribution in [0.3, 0.4) is 0 Å². The topological polar surface area (TPSA) is 35.2 Å². The van der Waals surface area contributed by atoms with Crippen molar-refractivity contribution in [2.24, 2.45) is 5.73 Å². The number of hydrogen-bond donors (Lipinski definition) is 1. The second kappa shape index (κ2) is 4.40. The van der Waals surface area contributed by atoms with Gasteiger partial charge in [0.15, 0.2) is 0 Å². The summed E-state index contributed by atoms with van der Waals surface area (Å²) in [5.74, 6) is 0. The van der Waals surface area contributed by atoms with Gasteiger partial charge in [-0.3, -0.25) is 0 Å². The Morgan fingerprint density at radius 1 is 1.31 bits per heavy atom. The highest BCUT2D eigenvalue weighted by Crippen LogP contribution is 2.19. The fourth-order valence-electron chi connectivity index (χ4n) is 1.68. The summed E-state index contributed by atoms with van der Waals surface area (Å²) in [4.78, 5) is 0. The second-order valence-electron chi connectivity index (χ2n) is 3.37. The summed E-state index contributed by atoms with van der Waals surface area (Å²) in [5, 5.41) is 0. The molecule has 72 valence electrons. The molecular weight excluding hydrogens is 162 g/mol. The quantitative estimate of drug-likeness (QED) is 0.769. The van der Waals surface area contributed by atoms with E-state index in [0.29, 0.717) is 6.61 Å². The lowest BCUT2D eigenvalue weighted by atomic mass is 9.97. The van der Waals surface area contributed by atoms with E-state index in [-0.39, 0.29) is 6.04 Å². The summed E-state index contributed by atoms with van der Waals surface area (Å²) in [6, 6.07) is 6.20. The van der Waals surface area contributed by atoms with E-state index in [1.54, 1.807) is 7.11 Å². The molecule has 0 spiro atoms. The first-order valence-electron chi connectivity index (χ1n) is 4.47. The van der Waals surface area contributed by atoms with Gasteiger partial charge in [-0.2, -0.15) is 0 Å². The number of nitrogens with two attached hydrogens (primary N) is 1. The number of rotatable bonds is 3. The molecule has 0 heterocycles. The van der Waals surface area contributed by atoms with Gasteiger partial charge in [-0.25, -0.2) is 0 Å². The Morgan fingerprint density at radius 3 is 2.31 bits per heavy atom. The summed E-state index contributed by atoms with van der Waals surface area (Å²) in [5.41, 5.74) is 9.68. The average Bonchev–Trinajstić information content (AvgIpc) is 2.04. The Bertz CT molecular complexity index is 263. The molecule has 2 N–H and O–H groups in total. The fourth-order valence-corrected chi connectivity index (χ4v) is 1.68. The zero-order chi connectivity index (χ0) is 9.84. The molecule has 0 radical (unpaired) electrons. The maximum Gasteiger partial charge on any atom is 0.0655 e. The lowest BCUT2D eigenvalue weighted by Crippen LogP contribution is -2.18. The van der Waals surface area contributed by atoms with E-state index in [0.717, 1.165) is 0 Å². The van der Waals surface area contributed by atoms with E-state index in [4.69, 9.17) is 10.5 Å². The van der Waals surface area contributed by atoms with Gasteiger partial charge in [0.2, 0.25) is 0 Å². The van der Waals surface area contributed by atoms with E-state index >= 15 is 0 Å². The van der Waals surface area contributed by atoms with Gasteiger partial charge in [-0.1, -0.05) is 18.2 Å². The smallest absolute Gasteiger partial charge is 0.0655 e. The average molecular weight is 179 g/mol. The standard InChI is InChI=1S/C11H17NO/c1-8-5-4-6-9(2)11(8)10(12)7-13-3/h4-6,10H,7,12H2,1-3H3/t10-/m0/s1. The van der Waals surface area contributed by atoms with E-state index in [9.17, 15) is 0 Å². The van der Waals surface area contributed by atoms with Crippen LogP contribution in [0.1, 0.15) is 22.7 Å². The summed E-state index contributed by atoms with van der Waals surface area (Å²) >= 11 is 0. The van der Waals surface area contributed by atoms with E-state index < -0.39 is 0 Å². The van der Waals surface area contributed by atoms with Crippen molar-refractivity contribution in [2.75, 3.05) is 13.7 Å². The van der Waals surface area contributed by atoms with E-state index in [2.05, 4.69) is 26.0 Å². The van der Waals surface area contributed by atoms with Crippen molar-refractivity contribution in [3.63, 3.8) is 0 Å². The van der Waals surface area contributed by atoms with Gasteiger partial charge in [-0.15, -0.1) is 0 Å². The summed E-state index contributed by atoms with van der Waals surface area (Å²) < 4.78 is 5.04. The van der Waals surface area contributed by atoms with Crippen molar-refractivity contribution in [1.29, 1.82) is 0 Å². The molecule has 0 aliphatic heterocycles. The van der Waals surface area contributed by atoms with Crippen LogP contribution in [-0.4, -0.2) is 13.7 Å². The van der Waals surface area contributed by atoms with Gasteiger partial charge in [0.05, 0.1) is 12.6 Å². The van der Waals surface area contributed by atoms with E-state index in [1.807, 2.05) is 6.07 Å². The Morgan fingerprint density at radius 2 is 1.85 bits per heavy atom. The monoisotopic (exact) mass is 179 g/mol. The van der Waals surface area contributed by atoms with Crippen LogP contribution in [0.4, 0.5) is 0 Å². The Kier molecular flexibility index (Phi) is 3.46. The third kappa shape index (κ3) is 2.29. The van der Waals surface area contributed by atoms with E-state index in [1.165, 1.54) is 16.7 Å². The fraction of sp³-hybridized carbons (Fsp3) is 0.455. The zero-order valence-corrected chi connectivity index (χ0v) is 8.50. The normalized spacial score (nSPS) is 12.9. The first-order chi connectivity index (χ1) is 6.16. The van der Waals surface area contributed by atoms with Crippen LogP contribution in [0, 0.1) is 13.8 Å². The third-order valence-corrected chi connectivity index (χ3v) is 2.26. The minimum atomic E-state index is -0.00815. The predicted octanol–water partition coefficient (Wildman–Crippen LogP) is 1.95. The Labute approximate surface area is 79.7 Å². The highest BCUT2D eigenvalue weighted by Gasteiger charge is 2.10. The zero-order valence-electron chi connectivity index (χ0n) is 8.50. The maximum atomic E-state index is 5.98. The number of aryl methyl sites for hydroxylation is 2. The Hall–Kier alpha value is -0.860. The van der Waals surface area contributed by atoms with Crippen molar-refractivity contribution < 1.29 is 4.74 Å². The lowest BCUT2D eigenvalue weighted by molar-refractivity contribution is 0.180. The van der Waals surface area contributed by atoms with Crippen LogP contribution < -0.4 is 5.73 Å². The molecule has 0 bridgehead atoms. The molecule has 0 aromatic heterocycles. The van der Waals surface area contributed by atoms with Crippen molar-refractivity contribution in [3.8, 4) is 0 Å². The molecule has 0 aliphatic rings. The summed E-state index contributed by atoms with van der Waals surface area (Å²) in [7, 11) is 1.67. The van der Waals surface area contributed by atoms with Crippen molar-refractivity contribution in [3.05, 3.63) is 34.9 Å². The van der Waals surface area contributed by atoms with Crippen molar-refractivity contribution >= 4 is 0 Å². The van der Waals surface area contributed by atoms with Crippen molar-refractivity contribution in [2.45, 2.75) is 19.9 Å². The minimum absolute atomic E-state index is 0.00815. The van der Waals surface area contributed by atoms with Gasteiger partial charge in [0.25, 0.3) is 0 Å². The van der Waals surface area contributed by atoms with Crippen LogP contribution in [0.2, 0.25) is 0 Å². The van der Waals surface area contributed by atoms with Crippen molar-refractivity contribution in [1.82, 2.24) is 0 Å². The molecule has 13 heavy (non-hydrogen) atoms. The first-order valence-corrected chi connectivity index (χ1v) is 4.47. The molecule has 1 atom stereocenters. The first kappa shape index (κ1) is 10.2. The second-order valence-corrected chi connectivity index (χ2v) is 3.37. The molecule has 2 heteroatoms. The molecule has 0 amide bonds. The number of methoxy groups -OCH3 is 1. The molecule has 0 fully saturated rings. The minimum Gasteiger partial charge on any atom is -0.383 e. The highest BCUT2D eigenvalue weighted by atomic mass is 16.5. The highest BCUT2D eigenvalue weighted by molar-refractivity contribution is 5.35. The lowest BCUT2D eigenvalue weighted by Gasteiger charge is -2.16. The molecule has 0 saturated heterocycles. The third-order valence-electron chi connectivity index (χ3n) is 2.26. The maximum absolute atomic E-state index is 5.98. The molecule has 0 aliphatic carbocycles. The molecular formula is C11H17NO. The van der Waals surface area contributed by atoms with Gasteiger partial charge < -0.3 is 10.5 Å². The van der Waals surface area contributed by atoms with Gasteiger partial charge >= 0.3 is 0 Å². The van der Waals surface area contributed by atoms with Crippen LogP contribution in [0.15, 0.2) is 18.2 Å². The largest absolute Gasteiger partial charge is 0.383 e. The number of ether oxygens (including phenoxy) is 1. The summed E-state index contributed by atoms with van der Waals surface area (Å²) in [6.45, 7) is 4.74. The predicted molar refractivity (Wildman–Crippen MR) is 54.7 cm³/mol. The molecule has 1 rings (SSSR count). The van der Waals surface area contributed by atoms with Gasteiger partial charge in [-0.05, 0) is 30.5 Å². The number of benzene rings is 1. The number of hydrogen-bond acceptors (Lipinski definition) is 2. The molecule has 1 aromatic rings. The molecule has 0 unspecified atom stereocenters. The van der Waals surface area contributed by atoms with Gasteiger partial charge in [0, 0.05) is 7.11 Å². The Balaban J connectivity index is 2.98. The van der Waals surface area contributed by atoms with Crippen LogP contribution >= 0.6 is 0 Å². The summed E-state index contributed by atoms with van der Waals surface area (Å²) in [6.07, 6.45) is 0. The van der Waals surface area contributed by atoms with Crippen LogP contribution in [-0.2, 0) is 4.74 Å². The molecule has 2 nitrogen and oxygen atoms in total. The van der Waals surface area contributed by atoms with Gasteiger partial charge in [0.1, 0.15) is 0 Å². The van der Waals surface area contributed by atoms with Crippen LogP contribution in [0.5, 0.6) is 0 Å². The van der Waals surface area contributed by atoms with Crippen LogP contribution in [0.25, 0.3) is 0 Å².